The lowest BCUT2D eigenvalue weighted by Crippen LogP contribution is -2.43. The SMILES string of the molecule is O=C(Nc1ccccc1-c1ccccc1)OC1CC2CN(CCc3ccc(CCOCCC(=O)N(CCNC[C@H](O)c4ccc(O)c5[nH]c(=O)ccc45)C4CCCC4)cc3)C[C@H]2C1. The predicted octanol–water partition coefficient (Wildman–Crippen LogP) is 7.45. The van der Waals surface area contributed by atoms with Gasteiger partial charge in [0.2, 0.25) is 11.5 Å². The minimum atomic E-state index is -0.856. The third kappa shape index (κ3) is 11.5. The highest BCUT2D eigenvalue weighted by Gasteiger charge is 2.42. The van der Waals surface area contributed by atoms with Gasteiger partial charge in [0.25, 0.3) is 0 Å². The second kappa shape index (κ2) is 21.2. The third-order valence-corrected chi connectivity index (χ3v) is 13.3. The van der Waals surface area contributed by atoms with Gasteiger partial charge in [0.1, 0.15) is 11.9 Å². The van der Waals surface area contributed by atoms with Crippen LogP contribution in [0.25, 0.3) is 22.0 Å². The van der Waals surface area contributed by atoms with Crippen molar-refractivity contribution >= 4 is 28.6 Å². The number of ether oxygens (including phenoxy) is 2. The highest BCUT2D eigenvalue weighted by atomic mass is 16.6. The molecule has 1 aromatic heterocycles. The molecule has 3 fully saturated rings. The molecule has 3 aliphatic rings. The molecule has 4 aromatic carbocycles. The number of carbonyl (C=O) groups excluding carboxylic acids is 2. The molecule has 0 radical (unpaired) electrons. The molecule has 8 rings (SSSR count). The van der Waals surface area contributed by atoms with Gasteiger partial charge >= 0.3 is 6.09 Å². The van der Waals surface area contributed by atoms with Crippen molar-refractivity contribution in [3.05, 3.63) is 130 Å². The summed E-state index contributed by atoms with van der Waals surface area (Å²) in [7, 11) is 0. The van der Waals surface area contributed by atoms with Crippen molar-refractivity contribution in [3.8, 4) is 16.9 Å². The number of aliphatic hydroxyl groups is 1. The maximum Gasteiger partial charge on any atom is 0.411 e. The standard InChI is InChI=1S/C51H61N5O7/c57-46-20-18-43(44-19-21-48(59)54-50(44)46)47(58)32-52-25-27-56(40-10-4-5-11-40)49(60)24-29-62-28-23-36-16-14-35(15-17-36)22-26-55-33-38-30-41(31-39(38)34-55)63-51(61)53-45-13-7-6-12-42(45)37-8-2-1-3-9-37/h1-3,6-9,12-21,38-41,47,52,57-58H,4-5,10-11,22-34H2,(H,53,61)(H,54,59)/t38-,39?,41?,47+/m1/s1. The number of hydrogen-bond donors (Lipinski definition) is 5. The molecule has 2 saturated carbocycles. The number of aromatic hydroxyl groups is 1. The zero-order valence-corrected chi connectivity index (χ0v) is 36.1. The number of rotatable bonds is 19. The van der Waals surface area contributed by atoms with Gasteiger partial charge in [0.05, 0.1) is 36.9 Å². The van der Waals surface area contributed by atoms with E-state index in [-0.39, 0.29) is 42.0 Å². The van der Waals surface area contributed by atoms with Gasteiger partial charge in [-0.15, -0.1) is 0 Å². The number of likely N-dealkylation sites (tertiary alicyclic amines) is 1. The minimum absolute atomic E-state index is 0.0440. The number of aliphatic hydroxyl groups excluding tert-OH is 1. The molecule has 2 amide bonds. The Morgan fingerprint density at radius 2 is 1.56 bits per heavy atom. The number of phenolic OH excluding ortho intramolecular Hbond substituents is 1. The van der Waals surface area contributed by atoms with Gasteiger partial charge in [-0.2, -0.15) is 0 Å². The highest BCUT2D eigenvalue weighted by Crippen LogP contribution is 2.40. The van der Waals surface area contributed by atoms with Crippen molar-refractivity contribution in [1.82, 2.24) is 20.1 Å². The van der Waals surface area contributed by atoms with Gasteiger partial charge in [0, 0.05) is 62.3 Å². The molecule has 332 valence electrons. The van der Waals surface area contributed by atoms with Crippen LogP contribution in [0, 0.1) is 11.8 Å². The number of benzene rings is 4. The van der Waals surface area contributed by atoms with Gasteiger partial charge in [-0.05, 0) is 90.8 Å². The minimum Gasteiger partial charge on any atom is -0.506 e. The van der Waals surface area contributed by atoms with E-state index < -0.39 is 6.10 Å². The molecular weight excluding hydrogens is 795 g/mol. The first-order valence-corrected chi connectivity index (χ1v) is 22.8. The molecule has 0 spiro atoms. The molecule has 12 heteroatoms. The summed E-state index contributed by atoms with van der Waals surface area (Å²) in [6.07, 6.45) is 6.91. The predicted molar refractivity (Wildman–Crippen MR) is 246 cm³/mol. The second-order valence-corrected chi connectivity index (χ2v) is 17.5. The van der Waals surface area contributed by atoms with E-state index in [4.69, 9.17) is 9.47 Å². The number of aromatic amines is 1. The number of H-pyrrole nitrogens is 1. The molecule has 12 nitrogen and oxygen atoms in total. The van der Waals surface area contributed by atoms with Gasteiger partial charge in [-0.3, -0.25) is 14.9 Å². The molecular formula is C51H61N5O7. The molecule has 2 unspecified atom stereocenters. The van der Waals surface area contributed by atoms with E-state index in [9.17, 15) is 24.6 Å². The number of carbonyl (C=O) groups is 2. The van der Waals surface area contributed by atoms with Crippen LogP contribution in [0.15, 0.2) is 108 Å². The number of anilines is 1. The Kier molecular flexibility index (Phi) is 14.9. The average molecular weight is 856 g/mol. The van der Waals surface area contributed by atoms with Crippen molar-refractivity contribution < 1.29 is 29.3 Å². The van der Waals surface area contributed by atoms with Crippen molar-refractivity contribution in [1.29, 1.82) is 0 Å². The number of nitrogens with zero attached hydrogens (tertiary/aromatic N) is 2. The summed E-state index contributed by atoms with van der Waals surface area (Å²) in [5.74, 6) is 1.17. The lowest BCUT2D eigenvalue weighted by Gasteiger charge is -2.29. The topological polar surface area (TPSA) is 156 Å². The third-order valence-electron chi connectivity index (χ3n) is 13.3. The summed E-state index contributed by atoms with van der Waals surface area (Å²) < 4.78 is 11.9. The van der Waals surface area contributed by atoms with Crippen LogP contribution in [0.3, 0.4) is 0 Å². The summed E-state index contributed by atoms with van der Waals surface area (Å²) in [6.45, 7) is 5.39. The van der Waals surface area contributed by atoms with Gasteiger partial charge in [-0.1, -0.05) is 91.7 Å². The Hall–Kier alpha value is -5.53. The monoisotopic (exact) mass is 855 g/mol. The number of amides is 2. The van der Waals surface area contributed by atoms with E-state index in [1.165, 1.54) is 23.3 Å². The summed E-state index contributed by atoms with van der Waals surface area (Å²) in [5.41, 5.74) is 5.91. The van der Waals surface area contributed by atoms with Crippen LogP contribution in [-0.4, -0.2) is 102 Å². The molecule has 1 saturated heterocycles. The van der Waals surface area contributed by atoms with E-state index >= 15 is 0 Å². The van der Waals surface area contributed by atoms with Crippen molar-refractivity contribution in [2.45, 2.75) is 76.0 Å². The quantitative estimate of drug-likeness (QED) is 0.0533. The van der Waals surface area contributed by atoms with E-state index in [2.05, 4.69) is 44.8 Å². The van der Waals surface area contributed by atoms with Crippen molar-refractivity contribution in [2.24, 2.45) is 11.8 Å². The smallest absolute Gasteiger partial charge is 0.411 e. The maximum absolute atomic E-state index is 13.4. The largest absolute Gasteiger partial charge is 0.506 e. The number of para-hydroxylation sites is 1. The number of fused-ring (bicyclic) bond motifs is 2. The fourth-order valence-corrected chi connectivity index (χ4v) is 9.95. The van der Waals surface area contributed by atoms with Crippen LogP contribution in [0.2, 0.25) is 0 Å². The molecule has 4 atom stereocenters. The molecule has 0 bridgehead atoms. The van der Waals surface area contributed by atoms with Gasteiger partial charge < -0.3 is 39.8 Å². The summed E-state index contributed by atoms with van der Waals surface area (Å²) in [5, 5.41) is 28.0. The van der Waals surface area contributed by atoms with E-state index in [0.717, 1.165) is 87.8 Å². The van der Waals surface area contributed by atoms with Crippen molar-refractivity contribution in [3.63, 3.8) is 0 Å². The maximum atomic E-state index is 13.4. The van der Waals surface area contributed by atoms with E-state index in [1.54, 1.807) is 12.1 Å². The summed E-state index contributed by atoms with van der Waals surface area (Å²) >= 11 is 0. The zero-order valence-electron chi connectivity index (χ0n) is 36.1. The molecule has 2 heterocycles. The lowest BCUT2D eigenvalue weighted by molar-refractivity contribution is -0.134. The van der Waals surface area contributed by atoms with Crippen LogP contribution < -0.4 is 16.2 Å². The van der Waals surface area contributed by atoms with Crippen LogP contribution in [0.4, 0.5) is 10.5 Å². The van der Waals surface area contributed by atoms with Gasteiger partial charge in [-0.25, -0.2) is 4.79 Å². The van der Waals surface area contributed by atoms with E-state index in [0.29, 0.717) is 61.0 Å². The average Bonchev–Trinajstić information content (AvgIpc) is 4.05. The van der Waals surface area contributed by atoms with E-state index in [1.807, 2.05) is 59.5 Å². The number of pyridine rings is 1. The Morgan fingerprint density at radius 3 is 2.32 bits per heavy atom. The Labute approximate surface area is 369 Å². The molecule has 1 aliphatic heterocycles. The number of nitrogens with one attached hydrogen (secondary N) is 3. The van der Waals surface area contributed by atoms with Crippen LogP contribution in [-0.2, 0) is 27.1 Å². The fourth-order valence-electron chi connectivity index (χ4n) is 9.95. The number of aromatic nitrogens is 1. The highest BCUT2D eigenvalue weighted by molar-refractivity contribution is 5.91. The Bertz CT molecular complexity index is 2330. The summed E-state index contributed by atoms with van der Waals surface area (Å²) in [6, 6.07) is 33.1. The molecule has 63 heavy (non-hydrogen) atoms. The van der Waals surface area contributed by atoms with Crippen molar-refractivity contribution in [2.75, 3.05) is 57.8 Å². The zero-order chi connectivity index (χ0) is 43.5. The first kappa shape index (κ1) is 44.1. The Morgan fingerprint density at radius 1 is 0.841 bits per heavy atom. The number of phenols is 1. The molecule has 5 N–H and O–H groups in total. The Balaban J connectivity index is 0.702. The lowest BCUT2D eigenvalue weighted by atomic mass is 10.0. The van der Waals surface area contributed by atoms with Gasteiger partial charge in [0.15, 0.2) is 0 Å². The normalized spacial score (nSPS) is 19.3. The number of hydrogen-bond acceptors (Lipinski definition) is 9. The second-order valence-electron chi connectivity index (χ2n) is 17.5. The van der Waals surface area contributed by atoms with Crippen LogP contribution in [0.5, 0.6) is 5.75 Å². The van der Waals surface area contributed by atoms with Crippen LogP contribution in [0.1, 0.15) is 67.7 Å². The first-order valence-electron chi connectivity index (χ1n) is 22.8. The molecule has 5 aromatic rings. The van der Waals surface area contributed by atoms with Crippen LogP contribution >= 0.6 is 0 Å². The summed E-state index contributed by atoms with van der Waals surface area (Å²) in [4.78, 5) is 45.3. The fraction of sp³-hybridized carbons (Fsp3) is 0.431. The first-order chi connectivity index (χ1) is 30.8. The molecule has 2 aliphatic carbocycles.